The van der Waals surface area contributed by atoms with Crippen molar-refractivity contribution in [1.29, 1.82) is 0 Å². The van der Waals surface area contributed by atoms with Crippen LogP contribution in [-0.2, 0) is 158 Å². The molecule has 122 valence electrons. The van der Waals surface area contributed by atoms with Crippen LogP contribution in [-0.4, -0.2) is 27.3 Å². The minimum absolute atomic E-state index is 0. The van der Waals surface area contributed by atoms with E-state index in [0.717, 1.165) is 0 Å². The van der Waals surface area contributed by atoms with E-state index in [-0.39, 0.29) is 75.5 Å². The fraction of sp³-hybridized carbons (Fsp3) is 0. The summed E-state index contributed by atoms with van der Waals surface area (Å²) in [6.45, 7) is 0. The third-order valence-corrected chi connectivity index (χ3v) is 0. The van der Waals surface area contributed by atoms with E-state index in [4.69, 9.17) is 53.5 Å². The molecule has 0 aliphatic carbocycles. The maximum atomic E-state index is 8.58. The summed E-state index contributed by atoms with van der Waals surface area (Å²) in [5, 5.41) is 0. The predicted octanol–water partition coefficient (Wildman–Crippen LogP) is -12.9. The molecule has 2 radical (unpaired) electrons. The van der Waals surface area contributed by atoms with E-state index >= 15 is 0 Å². The van der Waals surface area contributed by atoms with Crippen molar-refractivity contribution < 1.29 is 195 Å². The summed E-state index contributed by atoms with van der Waals surface area (Å²) in [4.78, 5) is 0. The summed E-state index contributed by atoms with van der Waals surface area (Å²) in [5.41, 5.74) is 0. The summed E-state index contributed by atoms with van der Waals surface area (Å²) in [6.07, 6.45) is 0. The van der Waals surface area contributed by atoms with Crippen LogP contribution in [0.4, 0.5) is 0 Å². The normalized spacial score (nSPS) is 5.65. The van der Waals surface area contributed by atoms with Crippen molar-refractivity contribution in [1.82, 2.24) is 0 Å². The first kappa shape index (κ1) is 50.9. The van der Waals surface area contributed by atoms with E-state index in [1.165, 1.54) is 0 Å². The minimum atomic E-state index is -4.08. The molecule has 0 spiro atoms. The predicted molar refractivity (Wildman–Crippen MR) is 9.19 cm³/mol. The van der Waals surface area contributed by atoms with E-state index in [2.05, 4.69) is 0 Å². The van der Waals surface area contributed by atoms with Gasteiger partial charge < -0.3 is 0 Å². The van der Waals surface area contributed by atoms with Gasteiger partial charge in [0.15, 0.2) is 0 Å². The molecule has 0 bridgehead atoms. The molecule has 23 heavy (non-hydrogen) atoms. The second kappa shape index (κ2) is 45.4. The van der Waals surface area contributed by atoms with E-state index < -0.39 is 93.1 Å². The van der Waals surface area contributed by atoms with Gasteiger partial charge in [0, 0.05) is 0 Å². The van der Waals surface area contributed by atoms with Crippen LogP contribution in [0.25, 0.3) is 0 Å². The Morgan fingerprint density at radius 2 is 0.391 bits per heavy atom. The van der Waals surface area contributed by atoms with Crippen LogP contribution >= 0.6 is 0 Å². The largest absolute Gasteiger partial charge is 3.00 e. The minimum Gasteiger partial charge on any atom is 2.00 e. The molecule has 0 fully saturated rings. The molecule has 0 atom stereocenters. The van der Waals surface area contributed by atoms with Crippen molar-refractivity contribution in [3.8, 4) is 0 Å². The maximum Gasteiger partial charge on any atom is 3.00 e. The molecule has 0 saturated heterocycles. The fourth-order valence-electron chi connectivity index (χ4n) is 0. The summed E-state index contributed by atoms with van der Waals surface area (Å²) in [5.74, 6) is 0. The average Bonchev–Trinajstić information content (AvgIpc) is 1.94. The van der Waals surface area contributed by atoms with Crippen LogP contribution in [0, 0.1) is 0 Å². The van der Waals surface area contributed by atoms with Gasteiger partial charge in [0.25, 0.3) is 0 Å². The molecular weight excluding hydrogens is 824 g/mol. The first-order valence-electron chi connectivity index (χ1n) is 3.06. The smallest absolute Gasteiger partial charge is 2.00 e. The standard InChI is InChI=1S/Nb.15O.Pb.Sc.5Ti/q+5;;;;;;10*-1;+2;+3;;;;;. The molecule has 0 aromatic rings. The van der Waals surface area contributed by atoms with Gasteiger partial charge >= 0.3 is 222 Å². The first-order valence-corrected chi connectivity index (χ1v) is 12.6. The number of hydrogen-bond acceptors (Lipinski definition) is 15. The van der Waals surface area contributed by atoms with Gasteiger partial charge in [-0.15, -0.1) is 0 Å². The van der Waals surface area contributed by atoms with Crippen LogP contribution in [0.5, 0.6) is 0 Å². The van der Waals surface area contributed by atoms with Gasteiger partial charge in [-0.05, 0) is 0 Å². The Hall–Kier alpha value is 4.70. The van der Waals surface area contributed by atoms with Crippen LogP contribution < -0.4 is 36.9 Å². The summed E-state index contributed by atoms with van der Waals surface area (Å²) in [7, 11) is 0. The monoisotopic (exact) mass is 826 g/mol. The Bertz CT molecular complexity index is 219. The molecule has 0 heterocycles. The molecule has 0 aromatic heterocycles. The third-order valence-electron chi connectivity index (χ3n) is 0. The van der Waals surface area contributed by atoms with E-state index in [1.807, 2.05) is 0 Å². The second-order valence-corrected chi connectivity index (χ2v) is 5.15. The molecule has 23 heteroatoms. The van der Waals surface area contributed by atoms with Crippen LogP contribution in [0.2, 0.25) is 0 Å². The molecule has 0 aliphatic rings. The van der Waals surface area contributed by atoms with Crippen molar-refractivity contribution in [2.75, 3.05) is 0 Å². The quantitative estimate of drug-likeness (QED) is 0.205. The molecule has 0 aromatic carbocycles. The van der Waals surface area contributed by atoms with E-state index in [9.17, 15) is 0 Å². The van der Waals surface area contributed by atoms with Crippen molar-refractivity contribution in [2.45, 2.75) is 0 Å². The topological polar surface area (TPSA) is 316 Å². The first-order chi connectivity index (χ1) is 8.66. The van der Waals surface area contributed by atoms with E-state index in [1.54, 1.807) is 0 Å². The average molecular weight is 824 g/mol. The summed E-state index contributed by atoms with van der Waals surface area (Å²) >= 11 is -20.4. The van der Waals surface area contributed by atoms with Gasteiger partial charge in [0.1, 0.15) is 0 Å². The molecule has 0 aliphatic heterocycles. The van der Waals surface area contributed by atoms with Gasteiger partial charge in [-0.2, -0.15) is 0 Å². The van der Waals surface area contributed by atoms with Crippen LogP contribution in [0.15, 0.2) is 0 Å². The molecule has 0 rings (SSSR count). The Labute approximate surface area is 217 Å². The van der Waals surface area contributed by atoms with Crippen LogP contribution in [0.3, 0.4) is 0 Å². The van der Waals surface area contributed by atoms with Crippen molar-refractivity contribution in [2.24, 2.45) is 0 Å². The van der Waals surface area contributed by atoms with Crippen molar-refractivity contribution >= 4 is 27.3 Å². The molecule has 0 amide bonds. The number of rotatable bonds is 0. The number of hydrogen-bond donors (Lipinski definition) is 0. The second-order valence-electron chi connectivity index (χ2n) is 1.25. The molecule has 15 nitrogen and oxygen atoms in total. The Morgan fingerprint density at radius 3 is 0.391 bits per heavy atom. The zero-order valence-corrected chi connectivity index (χ0v) is 25.8. The summed E-state index contributed by atoms with van der Waals surface area (Å²) in [6, 6.07) is 0. The van der Waals surface area contributed by atoms with Gasteiger partial charge in [0.05, 0.1) is 0 Å². The summed E-state index contributed by atoms with van der Waals surface area (Å²) < 4.78 is 129. The SMILES string of the molecule is [Nb+5].[O]=[Ti]([O-])[O-].[O]=[Ti]([O-])[O-].[O]=[Ti]([O-])[O-].[O]=[Ti]([O-])[O-].[O]=[Ti]([O-])[O-].[Pb+2].[Sc+3]. The van der Waals surface area contributed by atoms with Crippen molar-refractivity contribution in [3.63, 3.8) is 0 Å². The van der Waals surface area contributed by atoms with Gasteiger partial charge in [0.2, 0.25) is 0 Å². The molecular formula is NbO15PbScTi5. The van der Waals surface area contributed by atoms with Crippen molar-refractivity contribution in [3.05, 3.63) is 0 Å². The van der Waals surface area contributed by atoms with E-state index in [0.29, 0.717) is 0 Å². The Balaban J connectivity index is -0.0000000197. The maximum absolute atomic E-state index is 8.58. The zero-order chi connectivity index (χ0) is 17.9. The Kier molecular flexibility index (Phi) is 101. The molecule has 0 unspecified atom stereocenters. The van der Waals surface area contributed by atoms with Gasteiger partial charge in [-0.1, -0.05) is 0 Å². The van der Waals surface area contributed by atoms with Gasteiger partial charge in [-0.25, -0.2) is 0 Å². The molecule has 0 saturated carbocycles. The Morgan fingerprint density at radius 1 is 0.391 bits per heavy atom. The fourth-order valence-corrected chi connectivity index (χ4v) is 0. The van der Waals surface area contributed by atoms with Gasteiger partial charge in [-0.3, -0.25) is 0 Å². The molecule has 0 N–H and O–H groups in total. The zero-order valence-electron chi connectivity index (χ0n) is 10.1. The third kappa shape index (κ3) is 737. The van der Waals surface area contributed by atoms with Crippen LogP contribution in [0.1, 0.15) is 0 Å².